The van der Waals surface area contributed by atoms with Gasteiger partial charge in [-0.15, -0.1) is 0 Å². The fourth-order valence-corrected chi connectivity index (χ4v) is 3.91. The van der Waals surface area contributed by atoms with Crippen molar-refractivity contribution >= 4 is 16.9 Å². The van der Waals surface area contributed by atoms with Crippen molar-refractivity contribution in [3.63, 3.8) is 0 Å². The lowest BCUT2D eigenvalue weighted by atomic mass is 9.85. The molecule has 0 radical (unpaired) electrons. The average Bonchev–Trinajstić information content (AvgIpc) is 3.17. The minimum atomic E-state index is -0.443. The maximum atomic E-state index is 13.7. The quantitative estimate of drug-likeness (QED) is 0.708. The van der Waals surface area contributed by atoms with Gasteiger partial charge in [-0.05, 0) is 36.7 Å². The van der Waals surface area contributed by atoms with Gasteiger partial charge in [0.1, 0.15) is 30.2 Å². The van der Waals surface area contributed by atoms with E-state index in [1.165, 1.54) is 18.5 Å². The lowest BCUT2D eigenvalue weighted by molar-refractivity contribution is 0.0881. The second-order valence-electron chi connectivity index (χ2n) is 6.98. The van der Waals surface area contributed by atoms with Crippen molar-refractivity contribution < 1.29 is 13.6 Å². The summed E-state index contributed by atoms with van der Waals surface area (Å²) in [5.74, 6) is -0.682. The van der Waals surface area contributed by atoms with Gasteiger partial charge >= 0.3 is 0 Å². The molecular weight excluding hydrogens is 364 g/mol. The Balaban J connectivity index is 1.60. The van der Waals surface area contributed by atoms with Gasteiger partial charge in [0.2, 0.25) is 0 Å². The van der Waals surface area contributed by atoms with Crippen LogP contribution in [0.25, 0.3) is 11.0 Å². The molecule has 146 valence electrons. The third-order valence-electron chi connectivity index (χ3n) is 5.26. The number of H-pyrrole nitrogens is 1. The Morgan fingerprint density at radius 3 is 3.04 bits per heavy atom. The van der Waals surface area contributed by atoms with E-state index in [0.29, 0.717) is 37.1 Å². The molecule has 0 bridgehead atoms. The van der Waals surface area contributed by atoms with Gasteiger partial charge in [0.05, 0.1) is 5.39 Å². The maximum Gasteiger partial charge on any atom is 0.270 e. The summed E-state index contributed by atoms with van der Waals surface area (Å²) in [6, 6.07) is 7.92. The lowest BCUT2D eigenvalue weighted by Crippen LogP contribution is -2.52. The van der Waals surface area contributed by atoms with Crippen LogP contribution in [-0.4, -0.2) is 58.1 Å². The van der Waals surface area contributed by atoms with E-state index in [-0.39, 0.29) is 29.4 Å². The predicted molar refractivity (Wildman–Crippen MR) is 101 cm³/mol. The van der Waals surface area contributed by atoms with Gasteiger partial charge in [0, 0.05) is 31.2 Å². The number of amides is 1. The van der Waals surface area contributed by atoms with E-state index >= 15 is 0 Å². The summed E-state index contributed by atoms with van der Waals surface area (Å²) in [7, 11) is 0. The number of rotatable bonds is 5. The van der Waals surface area contributed by atoms with Gasteiger partial charge < -0.3 is 10.3 Å². The van der Waals surface area contributed by atoms with Crippen molar-refractivity contribution in [2.24, 2.45) is 0 Å². The Kier molecular flexibility index (Phi) is 5.29. The summed E-state index contributed by atoms with van der Waals surface area (Å²) in [6.45, 7) is 1.07. The molecule has 1 fully saturated rings. The number of halogens is 2. The van der Waals surface area contributed by atoms with E-state index in [2.05, 4.69) is 20.3 Å². The van der Waals surface area contributed by atoms with Crippen LogP contribution in [0.5, 0.6) is 0 Å². The highest BCUT2D eigenvalue weighted by Gasteiger charge is 2.32. The molecule has 3 heterocycles. The Bertz CT molecular complexity index is 976. The molecule has 2 aromatic heterocycles. The zero-order valence-corrected chi connectivity index (χ0v) is 15.2. The second-order valence-corrected chi connectivity index (χ2v) is 6.98. The van der Waals surface area contributed by atoms with E-state index in [0.717, 1.165) is 5.56 Å². The number of carbonyl (C=O) groups is 1. The molecule has 8 heteroatoms. The third kappa shape index (κ3) is 3.73. The minimum Gasteiger partial charge on any atom is -0.346 e. The fourth-order valence-electron chi connectivity index (χ4n) is 3.91. The Labute approximate surface area is 161 Å². The molecule has 2 N–H and O–H groups in total. The summed E-state index contributed by atoms with van der Waals surface area (Å²) in [4.78, 5) is 26.1. The van der Waals surface area contributed by atoms with Crippen molar-refractivity contribution in [1.82, 2.24) is 25.2 Å². The first-order valence-corrected chi connectivity index (χ1v) is 9.28. The average molecular weight is 385 g/mol. The van der Waals surface area contributed by atoms with Crippen LogP contribution in [0.1, 0.15) is 28.4 Å². The molecule has 4 rings (SSSR count). The van der Waals surface area contributed by atoms with Crippen molar-refractivity contribution in [1.29, 1.82) is 0 Å². The molecule has 0 spiro atoms. The molecule has 28 heavy (non-hydrogen) atoms. The van der Waals surface area contributed by atoms with Crippen LogP contribution in [0.4, 0.5) is 8.78 Å². The molecule has 1 saturated heterocycles. The van der Waals surface area contributed by atoms with Gasteiger partial charge in [-0.3, -0.25) is 9.69 Å². The van der Waals surface area contributed by atoms with E-state index < -0.39 is 6.67 Å². The van der Waals surface area contributed by atoms with Gasteiger partial charge in [-0.1, -0.05) is 12.1 Å². The Morgan fingerprint density at radius 2 is 2.21 bits per heavy atom. The highest BCUT2D eigenvalue weighted by atomic mass is 19.1. The van der Waals surface area contributed by atoms with Gasteiger partial charge in [0.15, 0.2) is 0 Å². The second kappa shape index (κ2) is 8.02. The smallest absolute Gasteiger partial charge is 0.270 e. The summed E-state index contributed by atoms with van der Waals surface area (Å²) < 4.78 is 26.6. The Morgan fingerprint density at radius 1 is 1.32 bits per heavy atom. The molecule has 1 amide bonds. The van der Waals surface area contributed by atoms with Gasteiger partial charge in [0.25, 0.3) is 5.91 Å². The van der Waals surface area contributed by atoms with Crippen molar-refractivity contribution in [3.05, 3.63) is 59.9 Å². The zero-order valence-electron chi connectivity index (χ0n) is 15.2. The van der Waals surface area contributed by atoms with E-state index in [1.54, 1.807) is 18.3 Å². The topological polar surface area (TPSA) is 73.9 Å². The SMILES string of the molecule is O=C(N[C@@H]1CN(CCF)CC[C@@H]1c1cccc(F)c1)c1ncnc2[nH]ccc12. The number of hydrogen-bond donors (Lipinski definition) is 2. The van der Waals surface area contributed by atoms with Crippen LogP contribution in [0.15, 0.2) is 42.9 Å². The minimum absolute atomic E-state index is 0.0564. The van der Waals surface area contributed by atoms with E-state index in [4.69, 9.17) is 0 Å². The Hall–Kier alpha value is -2.87. The van der Waals surface area contributed by atoms with Crippen molar-refractivity contribution in [2.45, 2.75) is 18.4 Å². The van der Waals surface area contributed by atoms with Gasteiger partial charge in [-0.2, -0.15) is 0 Å². The molecule has 3 aromatic rings. The molecule has 0 aliphatic carbocycles. The van der Waals surface area contributed by atoms with Crippen LogP contribution in [-0.2, 0) is 0 Å². The van der Waals surface area contributed by atoms with Crippen LogP contribution < -0.4 is 5.32 Å². The largest absolute Gasteiger partial charge is 0.346 e. The number of likely N-dealkylation sites (tertiary alicyclic amines) is 1. The standard InChI is InChI=1S/C20H21F2N5O/c21-6-9-27-8-5-15(13-2-1-3-14(22)10-13)17(11-27)26-20(28)18-16-4-7-23-19(16)25-12-24-18/h1-4,7,10,12,15,17H,5-6,8-9,11H2,(H,26,28)(H,23,24,25)/t15-,17-/m1/s1. The molecular formula is C20H21F2N5O. The molecule has 2 atom stereocenters. The normalized spacial score (nSPS) is 20.4. The predicted octanol–water partition coefficient (Wildman–Crippen LogP) is 2.65. The molecule has 1 aliphatic heterocycles. The van der Waals surface area contributed by atoms with Crippen LogP contribution >= 0.6 is 0 Å². The zero-order chi connectivity index (χ0) is 19.5. The third-order valence-corrected chi connectivity index (χ3v) is 5.26. The summed E-state index contributed by atoms with van der Waals surface area (Å²) in [5, 5.41) is 3.68. The number of aromatic nitrogens is 3. The lowest BCUT2D eigenvalue weighted by Gasteiger charge is -2.39. The van der Waals surface area contributed by atoms with Crippen molar-refractivity contribution in [3.8, 4) is 0 Å². The number of nitrogens with one attached hydrogen (secondary N) is 2. The summed E-state index contributed by atoms with van der Waals surface area (Å²) >= 11 is 0. The van der Waals surface area contributed by atoms with Crippen molar-refractivity contribution in [2.75, 3.05) is 26.3 Å². The highest BCUT2D eigenvalue weighted by molar-refractivity contribution is 6.03. The fraction of sp³-hybridized carbons (Fsp3) is 0.350. The first kappa shape index (κ1) is 18.5. The number of carbonyl (C=O) groups excluding carboxylic acids is 1. The number of piperidine rings is 1. The van der Waals surface area contributed by atoms with Crippen LogP contribution in [0.3, 0.4) is 0 Å². The summed E-state index contributed by atoms with van der Waals surface area (Å²) in [5.41, 5.74) is 1.70. The molecule has 1 aromatic carbocycles. The number of fused-ring (bicyclic) bond motifs is 1. The van der Waals surface area contributed by atoms with Gasteiger partial charge in [-0.25, -0.2) is 18.7 Å². The molecule has 1 aliphatic rings. The first-order chi connectivity index (χ1) is 13.7. The number of alkyl halides is 1. The number of hydrogen-bond acceptors (Lipinski definition) is 4. The number of nitrogens with zero attached hydrogens (tertiary/aromatic N) is 3. The monoisotopic (exact) mass is 385 g/mol. The van der Waals surface area contributed by atoms with E-state index in [1.807, 2.05) is 11.0 Å². The van der Waals surface area contributed by atoms with E-state index in [9.17, 15) is 13.6 Å². The first-order valence-electron chi connectivity index (χ1n) is 9.28. The van der Waals surface area contributed by atoms with Crippen LogP contribution in [0.2, 0.25) is 0 Å². The number of benzene rings is 1. The molecule has 0 saturated carbocycles. The summed E-state index contributed by atoms with van der Waals surface area (Å²) in [6.07, 6.45) is 3.75. The number of aromatic amines is 1. The maximum absolute atomic E-state index is 13.7. The molecule has 0 unspecified atom stereocenters. The molecule has 6 nitrogen and oxygen atoms in total. The van der Waals surface area contributed by atoms with Crippen LogP contribution in [0, 0.1) is 5.82 Å². The highest BCUT2D eigenvalue weighted by Crippen LogP contribution is 2.29.